The third-order valence-electron chi connectivity index (χ3n) is 5.55. The zero-order valence-electron chi connectivity index (χ0n) is 18.4. The Morgan fingerprint density at radius 1 is 1.00 bits per heavy atom. The molecule has 5 rings (SSSR count). The van der Waals surface area contributed by atoms with E-state index in [-0.39, 0.29) is 23.3 Å². The summed E-state index contributed by atoms with van der Waals surface area (Å²) in [6.45, 7) is -2.95. The van der Waals surface area contributed by atoms with Gasteiger partial charge in [-0.05, 0) is 54.8 Å². The van der Waals surface area contributed by atoms with Gasteiger partial charge in [-0.3, -0.25) is 14.2 Å². The number of para-hydroxylation sites is 1. The minimum absolute atomic E-state index is 0.0225. The summed E-state index contributed by atoms with van der Waals surface area (Å²) in [4.78, 5) is 31.5. The maximum atomic E-state index is 13.5. The van der Waals surface area contributed by atoms with Crippen LogP contribution in [0.1, 0.15) is 23.7 Å². The molecule has 178 valence electrons. The number of halogens is 2. The molecule has 0 spiro atoms. The van der Waals surface area contributed by atoms with Crippen LogP contribution in [0.4, 0.5) is 8.78 Å². The Hall–Kier alpha value is -3.72. The highest BCUT2D eigenvalue weighted by Gasteiger charge is 2.30. The number of hydrogen-bond donors (Lipinski definition) is 1. The van der Waals surface area contributed by atoms with Gasteiger partial charge in [0.05, 0.1) is 16.6 Å². The number of alkyl halides is 2. The summed E-state index contributed by atoms with van der Waals surface area (Å²) in [5.41, 5.74) is 1.38. The molecule has 9 heteroatoms. The van der Waals surface area contributed by atoms with Crippen molar-refractivity contribution in [3.63, 3.8) is 0 Å². The predicted molar refractivity (Wildman–Crippen MR) is 130 cm³/mol. The van der Waals surface area contributed by atoms with Crippen LogP contribution in [0.15, 0.2) is 88.8 Å². The Kier molecular flexibility index (Phi) is 6.50. The number of ether oxygens (including phenoxy) is 1. The van der Waals surface area contributed by atoms with E-state index in [1.54, 1.807) is 24.3 Å². The summed E-state index contributed by atoms with van der Waals surface area (Å²) in [5, 5.41) is 3.13. The summed E-state index contributed by atoms with van der Waals surface area (Å²) in [7, 11) is 0. The summed E-state index contributed by atoms with van der Waals surface area (Å²) in [6, 6.07) is 22.2. The fourth-order valence-electron chi connectivity index (χ4n) is 3.71. The van der Waals surface area contributed by atoms with Crippen molar-refractivity contribution >= 4 is 28.6 Å². The fourth-order valence-corrected chi connectivity index (χ4v) is 4.83. The first-order chi connectivity index (χ1) is 17.0. The molecule has 0 radical (unpaired) electrons. The van der Waals surface area contributed by atoms with Gasteiger partial charge in [-0.15, -0.1) is 0 Å². The zero-order chi connectivity index (χ0) is 24.4. The van der Waals surface area contributed by atoms with Gasteiger partial charge in [-0.2, -0.15) is 8.78 Å². The van der Waals surface area contributed by atoms with Crippen molar-refractivity contribution in [2.24, 2.45) is 0 Å². The molecule has 3 aromatic carbocycles. The molecule has 1 atom stereocenters. The van der Waals surface area contributed by atoms with Crippen LogP contribution in [0.5, 0.6) is 5.75 Å². The topological polar surface area (TPSA) is 73.2 Å². The van der Waals surface area contributed by atoms with E-state index in [2.05, 4.69) is 10.1 Å². The number of carbonyl (C=O) groups is 1. The fraction of sp³-hybridized carbons (Fsp3) is 0.192. The molecule has 4 aromatic rings. The molecule has 0 aliphatic heterocycles. The first kappa shape index (κ1) is 23.0. The highest BCUT2D eigenvalue weighted by atomic mass is 32.2. The van der Waals surface area contributed by atoms with Gasteiger partial charge < -0.3 is 10.1 Å². The average Bonchev–Trinajstić information content (AvgIpc) is 3.67. The SMILES string of the molecule is O=C(NC1CC1)C(Sc1nc2ccccc2c(=O)n1-c1ccc(OC(F)F)cc1)c1ccccc1. The maximum absolute atomic E-state index is 13.5. The molecule has 0 saturated heterocycles. The van der Waals surface area contributed by atoms with E-state index in [4.69, 9.17) is 4.98 Å². The van der Waals surface area contributed by atoms with Crippen LogP contribution < -0.4 is 15.6 Å². The summed E-state index contributed by atoms with van der Waals surface area (Å²) >= 11 is 1.17. The number of nitrogens with zero attached hydrogens (tertiary/aromatic N) is 2. The van der Waals surface area contributed by atoms with Crippen molar-refractivity contribution in [3.8, 4) is 11.4 Å². The molecule has 1 fully saturated rings. The number of carbonyl (C=O) groups excluding carboxylic acids is 1. The van der Waals surface area contributed by atoms with E-state index in [1.807, 2.05) is 30.3 Å². The minimum atomic E-state index is -2.95. The number of nitrogens with one attached hydrogen (secondary N) is 1. The highest BCUT2D eigenvalue weighted by Crippen LogP contribution is 2.36. The Balaban J connectivity index is 1.61. The summed E-state index contributed by atoms with van der Waals surface area (Å²) in [5.74, 6) is -0.177. The van der Waals surface area contributed by atoms with E-state index in [9.17, 15) is 18.4 Å². The van der Waals surface area contributed by atoms with Gasteiger partial charge in [0.2, 0.25) is 5.91 Å². The third-order valence-corrected chi connectivity index (χ3v) is 6.76. The third kappa shape index (κ3) is 5.19. The van der Waals surface area contributed by atoms with E-state index in [0.717, 1.165) is 18.4 Å². The van der Waals surface area contributed by atoms with Gasteiger partial charge in [-0.25, -0.2) is 4.98 Å². The number of amides is 1. The molecular weight excluding hydrogens is 472 g/mol. The number of benzene rings is 3. The summed E-state index contributed by atoms with van der Waals surface area (Å²) < 4.78 is 31.0. The van der Waals surface area contributed by atoms with Crippen LogP contribution in [0.3, 0.4) is 0 Å². The molecule has 0 bridgehead atoms. The Morgan fingerprint density at radius 2 is 1.69 bits per heavy atom. The normalized spacial score (nSPS) is 14.1. The van der Waals surface area contributed by atoms with E-state index < -0.39 is 11.9 Å². The van der Waals surface area contributed by atoms with Gasteiger partial charge in [0.15, 0.2) is 5.16 Å². The van der Waals surface area contributed by atoms with Crippen LogP contribution in [0.25, 0.3) is 16.6 Å². The van der Waals surface area contributed by atoms with Crippen molar-refractivity contribution in [1.29, 1.82) is 0 Å². The molecule has 1 aliphatic carbocycles. The maximum Gasteiger partial charge on any atom is 0.387 e. The molecule has 6 nitrogen and oxygen atoms in total. The van der Waals surface area contributed by atoms with Gasteiger partial charge in [0.1, 0.15) is 11.0 Å². The van der Waals surface area contributed by atoms with Crippen molar-refractivity contribution in [3.05, 3.63) is 94.8 Å². The lowest BCUT2D eigenvalue weighted by molar-refractivity contribution is -0.120. The zero-order valence-corrected chi connectivity index (χ0v) is 19.3. The lowest BCUT2D eigenvalue weighted by Gasteiger charge is -2.19. The Morgan fingerprint density at radius 3 is 2.37 bits per heavy atom. The number of thioether (sulfide) groups is 1. The lowest BCUT2D eigenvalue weighted by atomic mass is 10.1. The smallest absolute Gasteiger partial charge is 0.387 e. The van der Waals surface area contributed by atoms with E-state index in [0.29, 0.717) is 21.7 Å². The van der Waals surface area contributed by atoms with Gasteiger partial charge in [-0.1, -0.05) is 54.2 Å². The van der Waals surface area contributed by atoms with Crippen LogP contribution >= 0.6 is 11.8 Å². The van der Waals surface area contributed by atoms with Gasteiger partial charge in [0, 0.05) is 6.04 Å². The van der Waals surface area contributed by atoms with E-state index >= 15 is 0 Å². The first-order valence-corrected chi connectivity index (χ1v) is 12.0. The Labute approximate surface area is 204 Å². The summed E-state index contributed by atoms with van der Waals surface area (Å²) in [6.07, 6.45) is 1.90. The molecule has 1 N–H and O–H groups in total. The van der Waals surface area contributed by atoms with Crippen molar-refractivity contribution in [2.75, 3.05) is 0 Å². The van der Waals surface area contributed by atoms with Crippen molar-refractivity contribution < 1.29 is 18.3 Å². The van der Waals surface area contributed by atoms with E-state index in [1.165, 1.54) is 40.6 Å². The number of rotatable bonds is 8. The largest absolute Gasteiger partial charge is 0.435 e. The van der Waals surface area contributed by atoms with Crippen LogP contribution in [0, 0.1) is 0 Å². The monoisotopic (exact) mass is 493 g/mol. The van der Waals surface area contributed by atoms with Gasteiger partial charge >= 0.3 is 6.61 Å². The molecule has 1 unspecified atom stereocenters. The Bertz CT molecular complexity index is 1410. The molecular formula is C26H21F2N3O3S. The van der Waals surface area contributed by atoms with Crippen LogP contribution in [-0.4, -0.2) is 28.1 Å². The molecule has 1 aliphatic rings. The second-order valence-electron chi connectivity index (χ2n) is 8.12. The lowest BCUT2D eigenvalue weighted by Crippen LogP contribution is -2.30. The number of hydrogen-bond acceptors (Lipinski definition) is 5. The molecule has 35 heavy (non-hydrogen) atoms. The molecule has 1 heterocycles. The number of fused-ring (bicyclic) bond motifs is 1. The standard InChI is InChI=1S/C26H21F2N3O3S/c27-25(28)34-19-14-12-18(13-15-19)31-24(33)20-8-4-5-9-21(20)30-26(31)35-22(16-6-2-1-3-7-16)23(32)29-17-10-11-17/h1-9,12-15,17,22,25H,10-11H2,(H,29,32). The number of aromatic nitrogens is 2. The quantitative estimate of drug-likeness (QED) is 0.273. The highest BCUT2D eigenvalue weighted by molar-refractivity contribution is 8.00. The van der Waals surface area contributed by atoms with Crippen molar-refractivity contribution in [1.82, 2.24) is 14.9 Å². The minimum Gasteiger partial charge on any atom is -0.435 e. The second kappa shape index (κ2) is 9.87. The first-order valence-electron chi connectivity index (χ1n) is 11.1. The molecule has 1 saturated carbocycles. The molecule has 1 amide bonds. The average molecular weight is 494 g/mol. The van der Waals surface area contributed by atoms with Crippen LogP contribution in [0.2, 0.25) is 0 Å². The predicted octanol–water partition coefficient (Wildman–Crippen LogP) is 5.10. The van der Waals surface area contributed by atoms with Gasteiger partial charge in [0.25, 0.3) is 5.56 Å². The van der Waals surface area contributed by atoms with Crippen molar-refractivity contribution in [2.45, 2.75) is 35.9 Å². The second-order valence-corrected chi connectivity index (χ2v) is 9.19. The van der Waals surface area contributed by atoms with Crippen LogP contribution in [-0.2, 0) is 4.79 Å². The molecule has 1 aromatic heterocycles.